The third-order valence-electron chi connectivity index (χ3n) is 3.03. The van der Waals surface area contributed by atoms with E-state index in [0.717, 1.165) is 10.0 Å². The molecule has 0 aliphatic carbocycles. The van der Waals surface area contributed by atoms with Crippen LogP contribution in [0.15, 0.2) is 28.7 Å². The zero-order valence-electron chi connectivity index (χ0n) is 11.1. The third kappa shape index (κ3) is 4.10. The Labute approximate surface area is 117 Å². The molecule has 1 aromatic rings. The first kappa shape index (κ1) is 15.2. The van der Waals surface area contributed by atoms with Gasteiger partial charge in [-0.25, -0.2) is 0 Å². The number of halogens is 1. The summed E-state index contributed by atoms with van der Waals surface area (Å²) in [5, 5.41) is 9.26. The molecule has 0 fully saturated rings. The molecule has 100 valence electrons. The number of carbonyl (C=O) groups excluding carboxylic acids is 1. The van der Waals surface area contributed by atoms with E-state index in [-0.39, 0.29) is 24.3 Å². The zero-order chi connectivity index (χ0) is 13.7. The smallest absolute Gasteiger partial charge is 0.228 e. The first-order valence-corrected chi connectivity index (χ1v) is 6.85. The van der Waals surface area contributed by atoms with Gasteiger partial charge in [-0.1, -0.05) is 41.9 Å². The predicted octanol–water partition coefficient (Wildman–Crippen LogP) is 2.67. The highest BCUT2D eigenvalue weighted by Crippen LogP contribution is 2.16. The first-order chi connectivity index (χ1) is 8.45. The Hall–Kier alpha value is -0.870. The van der Waals surface area contributed by atoms with E-state index in [4.69, 9.17) is 0 Å². The van der Waals surface area contributed by atoms with Crippen molar-refractivity contribution in [3.63, 3.8) is 0 Å². The highest BCUT2D eigenvalue weighted by atomic mass is 79.9. The lowest BCUT2D eigenvalue weighted by molar-refractivity contribution is -0.137. The second-order valence-electron chi connectivity index (χ2n) is 4.85. The number of hydrogen-bond acceptors (Lipinski definition) is 2. The molecule has 1 amide bonds. The van der Waals surface area contributed by atoms with Gasteiger partial charge in [-0.2, -0.15) is 0 Å². The first-order valence-electron chi connectivity index (χ1n) is 6.06. The van der Waals surface area contributed by atoms with Crippen LogP contribution in [0.1, 0.15) is 19.4 Å². The molecule has 0 spiro atoms. The molecule has 3 nitrogen and oxygen atoms in total. The third-order valence-corrected chi connectivity index (χ3v) is 3.56. The van der Waals surface area contributed by atoms with Crippen LogP contribution in [0.25, 0.3) is 0 Å². The molecule has 0 aromatic heterocycles. The molecule has 18 heavy (non-hydrogen) atoms. The van der Waals surface area contributed by atoms with Gasteiger partial charge in [-0.3, -0.25) is 4.79 Å². The number of rotatable bonds is 5. The summed E-state index contributed by atoms with van der Waals surface area (Å²) >= 11 is 3.38. The maximum Gasteiger partial charge on any atom is 0.228 e. The van der Waals surface area contributed by atoms with E-state index in [0.29, 0.717) is 6.54 Å². The molecule has 4 heteroatoms. The van der Waals surface area contributed by atoms with Crippen molar-refractivity contribution in [2.45, 2.75) is 20.4 Å². The van der Waals surface area contributed by atoms with E-state index in [9.17, 15) is 9.90 Å². The Kier molecular flexibility index (Phi) is 5.82. The van der Waals surface area contributed by atoms with E-state index < -0.39 is 0 Å². The fourth-order valence-corrected chi connectivity index (χ4v) is 2.06. The van der Waals surface area contributed by atoms with Crippen molar-refractivity contribution in [1.82, 2.24) is 4.90 Å². The van der Waals surface area contributed by atoms with Crippen LogP contribution in [0.2, 0.25) is 0 Å². The minimum absolute atomic E-state index is 0.00424. The number of hydrogen-bond donors (Lipinski definition) is 1. The normalized spacial score (nSPS) is 12.6. The second kappa shape index (κ2) is 6.90. The molecule has 1 N–H and O–H groups in total. The van der Waals surface area contributed by atoms with E-state index in [1.165, 1.54) is 0 Å². The Morgan fingerprint density at radius 2 is 1.89 bits per heavy atom. The number of aliphatic hydroxyl groups is 1. The van der Waals surface area contributed by atoms with Crippen molar-refractivity contribution in [3.8, 4) is 0 Å². The largest absolute Gasteiger partial charge is 0.396 e. The highest BCUT2D eigenvalue weighted by molar-refractivity contribution is 9.10. The van der Waals surface area contributed by atoms with Crippen LogP contribution < -0.4 is 0 Å². The van der Waals surface area contributed by atoms with E-state index in [1.54, 1.807) is 11.9 Å². The number of amides is 1. The molecule has 0 heterocycles. The molecule has 0 saturated heterocycles. The van der Waals surface area contributed by atoms with Crippen LogP contribution in [-0.4, -0.2) is 29.6 Å². The summed E-state index contributed by atoms with van der Waals surface area (Å²) in [4.78, 5) is 13.8. The van der Waals surface area contributed by atoms with E-state index >= 15 is 0 Å². The molecule has 1 aromatic carbocycles. The van der Waals surface area contributed by atoms with Gasteiger partial charge in [0, 0.05) is 18.1 Å². The van der Waals surface area contributed by atoms with E-state index in [1.807, 2.05) is 38.1 Å². The van der Waals surface area contributed by atoms with Gasteiger partial charge in [0.05, 0.1) is 12.5 Å². The minimum Gasteiger partial charge on any atom is -0.396 e. The van der Waals surface area contributed by atoms with Gasteiger partial charge in [-0.15, -0.1) is 0 Å². The second-order valence-corrected chi connectivity index (χ2v) is 5.77. The zero-order valence-corrected chi connectivity index (χ0v) is 12.6. The van der Waals surface area contributed by atoms with Gasteiger partial charge in [0.25, 0.3) is 0 Å². The molecule has 0 aliphatic heterocycles. The van der Waals surface area contributed by atoms with Crippen molar-refractivity contribution in [3.05, 3.63) is 34.3 Å². The van der Waals surface area contributed by atoms with Crippen molar-refractivity contribution >= 4 is 21.8 Å². The summed E-state index contributed by atoms with van der Waals surface area (Å²) in [7, 11) is 1.77. The highest BCUT2D eigenvalue weighted by Gasteiger charge is 2.24. The monoisotopic (exact) mass is 313 g/mol. The Morgan fingerprint density at radius 1 is 1.33 bits per heavy atom. The van der Waals surface area contributed by atoms with Crippen LogP contribution in [0.5, 0.6) is 0 Å². The van der Waals surface area contributed by atoms with Crippen molar-refractivity contribution < 1.29 is 9.90 Å². The molecule has 0 aliphatic rings. The van der Waals surface area contributed by atoms with Crippen molar-refractivity contribution in [1.29, 1.82) is 0 Å². The molecule has 0 saturated carbocycles. The lowest BCUT2D eigenvalue weighted by atomic mass is 9.95. The Bertz CT molecular complexity index is 389. The van der Waals surface area contributed by atoms with Crippen LogP contribution >= 0.6 is 15.9 Å². The topological polar surface area (TPSA) is 40.5 Å². The lowest BCUT2D eigenvalue weighted by Gasteiger charge is -2.25. The molecule has 1 atom stereocenters. The summed E-state index contributed by atoms with van der Waals surface area (Å²) in [5.41, 5.74) is 1.08. The lowest BCUT2D eigenvalue weighted by Crippen LogP contribution is -2.36. The summed E-state index contributed by atoms with van der Waals surface area (Å²) < 4.78 is 1.02. The fourth-order valence-electron chi connectivity index (χ4n) is 1.80. The van der Waals surface area contributed by atoms with Crippen LogP contribution in [0, 0.1) is 11.8 Å². The van der Waals surface area contributed by atoms with Gasteiger partial charge in [-0.05, 0) is 23.6 Å². The molecular weight excluding hydrogens is 294 g/mol. The Balaban J connectivity index is 2.67. The van der Waals surface area contributed by atoms with Crippen molar-refractivity contribution in [2.75, 3.05) is 13.7 Å². The van der Waals surface area contributed by atoms with E-state index in [2.05, 4.69) is 15.9 Å². The van der Waals surface area contributed by atoms with Gasteiger partial charge in [0.2, 0.25) is 5.91 Å². The number of nitrogens with zero attached hydrogens (tertiary/aromatic N) is 1. The fraction of sp³-hybridized carbons (Fsp3) is 0.500. The van der Waals surface area contributed by atoms with Crippen LogP contribution in [0.3, 0.4) is 0 Å². The molecule has 0 bridgehead atoms. The summed E-state index contributed by atoms with van der Waals surface area (Å²) in [6.45, 7) is 4.37. The maximum absolute atomic E-state index is 12.1. The average molecular weight is 314 g/mol. The number of aliphatic hydroxyl groups excluding tert-OH is 1. The van der Waals surface area contributed by atoms with Gasteiger partial charge >= 0.3 is 0 Å². The quantitative estimate of drug-likeness (QED) is 0.908. The minimum atomic E-state index is -0.314. The SMILES string of the molecule is CC(C)C(CO)C(=O)N(C)Cc1ccc(Br)cc1. The van der Waals surface area contributed by atoms with Crippen LogP contribution in [-0.2, 0) is 11.3 Å². The molecule has 1 rings (SSSR count). The van der Waals surface area contributed by atoms with Gasteiger partial charge in [0.1, 0.15) is 0 Å². The Morgan fingerprint density at radius 3 is 2.33 bits per heavy atom. The molecule has 1 unspecified atom stereocenters. The van der Waals surface area contributed by atoms with Crippen LogP contribution in [0.4, 0.5) is 0 Å². The van der Waals surface area contributed by atoms with Gasteiger partial charge in [0.15, 0.2) is 0 Å². The maximum atomic E-state index is 12.1. The van der Waals surface area contributed by atoms with Crippen molar-refractivity contribution in [2.24, 2.45) is 11.8 Å². The average Bonchev–Trinajstić information content (AvgIpc) is 2.32. The number of carbonyl (C=O) groups is 1. The summed E-state index contributed by atoms with van der Waals surface area (Å²) in [5.74, 6) is -0.171. The predicted molar refractivity (Wildman–Crippen MR) is 76.0 cm³/mol. The van der Waals surface area contributed by atoms with Gasteiger partial charge < -0.3 is 10.0 Å². The standard InChI is InChI=1S/C14H20BrNO2/c1-10(2)13(9-17)14(18)16(3)8-11-4-6-12(15)7-5-11/h4-7,10,13,17H,8-9H2,1-3H3. The molecular formula is C14H20BrNO2. The molecule has 0 radical (unpaired) electrons. The summed E-state index contributed by atoms with van der Waals surface area (Å²) in [6, 6.07) is 7.88. The summed E-state index contributed by atoms with van der Waals surface area (Å²) in [6.07, 6.45) is 0. The number of benzene rings is 1.